The van der Waals surface area contributed by atoms with Crippen LogP contribution in [0, 0.1) is 11.8 Å². The second kappa shape index (κ2) is 8.05. The monoisotopic (exact) mass is 386 g/mol. The van der Waals surface area contributed by atoms with Gasteiger partial charge < -0.3 is 10.1 Å². The van der Waals surface area contributed by atoms with Crippen LogP contribution < -0.4 is 0 Å². The van der Waals surface area contributed by atoms with E-state index in [0.29, 0.717) is 22.2 Å². The van der Waals surface area contributed by atoms with Crippen molar-refractivity contribution < 1.29 is 5.11 Å². The van der Waals surface area contributed by atoms with Crippen LogP contribution in [0.25, 0.3) is 22.6 Å². The standard InChI is InChI=1S/C22H15ClN4O/c23-17-8-6-16(7-9-17)21-22(18-12-13-24-14-25-18)27-20(26-21)11-10-19(28)15-4-2-1-3-5-15/h1-9,12-14,19,28H,(H,26,27). The molecule has 28 heavy (non-hydrogen) atoms. The summed E-state index contributed by atoms with van der Waals surface area (Å²) in [6.45, 7) is 0. The van der Waals surface area contributed by atoms with Gasteiger partial charge >= 0.3 is 0 Å². The molecular weight excluding hydrogens is 372 g/mol. The number of aromatic nitrogens is 4. The molecule has 5 nitrogen and oxygen atoms in total. The molecular formula is C22H15ClN4O. The van der Waals surface area contributed by atoms with Gasteiger partial charge in [0.25, 0.3) is 0 Å². The van der Waals surface area contributed by atoms with Crippen molar-refractivity contribution in [3.8, 4) is 34.5 Å². The Bertz CT molecular complexity index is 1130. The van der Waals surface area contributed by atoms with Crippen LogP contribution in [0.2, 0.25) is 5.02 Å². The largest absolute Gasteiger partial charge is 0.376 e. The fourth-order valence-corrected chi connectivity index (χ4v) is 2.85. The highest BCUT2D eigenvalue weighted by Crippen LogP contribution is 2.29. The topological polar surface area (TPSA) is 74.7 Å². The normalized spacial score (nSPS) is 11.5. The number of nitrogens with zero attached hydrogens (tertiary/aromatic N) is 3. The first-order valence-corrected chi connectivity index (χ1v) is 8.95. The van der Waals surface area contributed by atoms with Crippen LogP contribution in [0.1, 0.15) is 17.5 Å². The zero-order valence-corrected chi connectivity index (χ0v) is 15.4. The Morgan fingerprint density at radius 1 is 1.00 bits per heavy atom. The summed E-state index contributed by atoms with van der Waals surface area (Å²) >= 11 is 6.00. The summed E-state index contributed by atoms with van der Waals surface area (Å²) < 4.78 is 0. The lowest BCUT2D eigenvalue weighted by atomic mass is 10.1. The zero-order valence-electron chi connectivity index (χ0n) is 14.7. The smallest absolute Gasteiger partial charge is 0.183 e. The first-order chi connectivity index (χ1) is 13.7. The molecule has 0 fully saturated rings. The number of aromatic amines is 1. The van der Waals surface area contributed by atoms with Crippen LogP contribution in [-0.4, -0.2) is 25.0 Å². The average Bonchev–Trinajstić information content (AvgIpc) is 3.18. The number of nitrogens with one attached hydrogen (secondary N) is 1. The van der Waals surface area contributed by atoms with Crippen LogP contribution in [0.4, 0.5) is 0 Å². The zero-order chi connectivity index (χ0) is 19.3. The molecule has 1 atom stereocenters. The van der Waals surface area contributed by atoms with E-state index in [9.17, 15) is 5.11 Å². The fourth-order valence-electron chi connectivity index (χ4n) is 2.73. The number of hydrogen-bond donors (Lipinski definition) is 2. The van der Waals surface area contributed by atoms with Gasteiger partial charge in [-0.25, -0.2) is 15.0 Å². The van der Waals surface area contributed by atoms with E-state index < -0.39 is 6.10 Å². The molecule has 0 amide bonds. The van der Waals surface area contributed by atoms with Crippen LogP contribution >= 0.6 is 11.6 Å². The van der Waals surface area contributed by atoms with Crippen molar-refractivity contribution in [2.45, 2.75) is 6.10 Å². The quantitative estimate of drug-likeness (QED) is 0.515. The number of imidazole rings is 1. The van der Waals surface area contributed by atoms with E-state index in [-0.39, 0.29) is 0 Å². The summed E-state index contributed by atoms with van der Waals surface area (Å²) in [6.07, 6.45) is 2.25. The molecule has 0 aliphatic rings. The molecule has 136 valence electrons. The first kappa shape index (κ1) is 17.9. The molecule has 0 aliphatic carbocycles. The highest BCUT2D eigenvalue weighted by atomic mass is 35.5. The van der Waals surface area contributed by atoms with Gasteiger partial charge in [0, 0.05) is 16.8 Å². The Morgan fingerprint density at radius 3 is 2.50 bits per heavy atom. The lowest BCUT2D eigenvalue weighted by Crippen LogP contribution is -1.93. The summed E-state index contributed by atoms with van der Waals surface area (Å²) in [5, 5.41) is 10.9. The highest BCUT2D eigenvalue weighted by molar-refractivity contribution is 6.30. The second-order valence-corrected chi connectivity index (χ2v) is 6.43. The molecule has 4 rings (SSSR count). The van der Waals surface area contributed by atoms with Crippen molar-refractivity contribution >= 4 is 11.6 Å². The Hall–Kier alpha value is -3.46. The molecule has 2 heterocycles. The Labute approximate surface area is 167 Å². The summed E-state index contributed by atoms with van der Waals surface area (Å²) in [4.78, 5) is 16.1. The Balaban J connectivity index is 1.74. The third kappa shape index (κ3) is 3.94. The van der Waals surface area contributed by atoms with Gasteiger partial charge in [0.1, 0.15) is 12.4 Å². The minimum atomic E-state index is -0.896. The van der Waals surface area contributed by atoms with Gasteiger partial charge in [-0.1, -0.05) is 60.0 Å². The first-order valence-electron chi connectivity index (χ1n) is 8.57. The lowest BCUT2D eigenvalue weighted by molar-refractivity contribution is 0.238. The van der Waals surface area contributed by atoms with Gasteiger partial charge in [0.05, 0.1) is 17.1 Å². The molecule has 0 bridgehead atoms. The molecule has 2 aromatic carbocycles. The van der Waals surface area contributed by atoms with E-state index in [1.807, 2.05) is 42.5 Å². The second-order valence-electron chi connectivity index (χ2n) is 5.99. The number of benzene rings is 2. The van der Waals surface area contributed by atoms with Crippen molar-refractivity contribution in [2.75, 3.05) is 0 Å². The number of hydrogen-bond acceptors (Lipinski definition) is 4. The van der Waals surface area contributed by atoms with Gasteiger partial charge in [0.2, 0.25) is 0 Å². The van der Waals surface area contributed by atoms with E-state index in [2.05, 4.69) is 31.8 Å². The predicted molar refractivity (Wildman–Crippen MR) is 108 cm³/mol. The maximum Gasteiger partial charge on any atom is 0.183 e. The SMILES string of the molecule is OC(C#Cc1nc(-c2ccc(Cl)cc2)c(-c2ccncn2)[nH]1)c1ccccc1. The van der Waals surface area contributed by atoms with E-state index in [1.54, 1.807) is 24.4 Å². The highest BCUT2D eigenvalue weighted by Gasteiger charge is 2.14. The number of H-pyrrole nitrogens is 1. The summed E-state index contributed by atoms with van der Waals surface area (Å²) in [7, 11) is 0. The molecule has 2 aromatic heterocycles. The summed E-state index contributed by atoms with van der Waals surface area (Å²) in [6, 6.07) is 18.4. The van der Waals surface area contributed by atoms with Crippen molar-refractivity contribution in [2.24, 2.45) is 0 Å². The van der Waals surface area contributed by atoms with Gasteiger partial charge in [-0.15, -0.1) is 0 Å². The molecule has 2 N–H and O–H groups in total. The van der Waals surface area contributed by atoms with Gasteiger partial charge in [-0.3, -0.25) is 0 Å². The van der Waals surface area contributed by atoms with E-state index in [0.717, 1.165) is 16.8 Å². The molecule has 6 heteroatoms. The number of halogens is 1. The minimum Gasteiger partial charge on any atom is -0.376 e. The molecule has 0 saturated heterocycles. The fraction of sp³-hybridized carbons (Fsp3) is 0.0455. The van der Waals surface area contributed by atoms with Crippen molar-refractivity contribution in [3.05, 3.63) is 89.6 Å². The molecule has 0 aliphatic heterocycles. The maximum absolute atomic E-state index is 10.3. The predicted octanol–water partition coefficient (Wildman–Crippen LogP) is 4.27. The van der Waals surface area contributed by atoms with Gasteiger partial charge in [0.15, 0.2) is 5.82 Å². The molecule has 4 aromatic rings. The summed E-state index contributed by atoms with van der Waals surface area (Å²) in [5.74, 6) is 6.18. The number of aliphatic hydroxyl groups excluding tert-OH is 1. The lowest BCUT2D eigenvalue weighted by Gasteiger charge is -2.02. The number of rotatable bonds is 3. The van der Waals surface area contributed by atoms with Gasteiger partial charge in [-0.05, 0) is 29.7 Å². The third-order valence-corrected chi connectivity index (χ3v) is 4.35. The van der Waals surface area contributed by atoms with Crippen LogP contribution in [0.5, 0.6) is 0 Å². The van der Waals surface area contributed by atoms with Crippen LogP contribution in [0.15, 0.2) is 73.2 Å². The average molecular weight is 387 g/mol. The molecule has 0 spiro atoms. The Kier molecular flexibility index (Phi) is 5.16. The van der Waals surface area contributed by atoms with Crippen LogP contribution in [0.3, 0.4) is 0 Å². The summed E-state index contributed by atoms with van der Waals surface area (Å²) in [5.41, 5.74) is 3.74. The van der Waals surface area contributed by atoms with Crippen LogP contribution in [-0.2, 0) is 0 Å². The molecule has 0 radical (unpaired) electrons. The Morgan fingerprint density at radius 2 is 1.79 bits per heavy atom. The van der Waals surface area contributed by atoms with E-state index in [1.165, 1.54) is 6.33 Å². The molecule has 1 unspecified atom stereocenters. The number of aliphatic hydroxyl groups is 1. The maximum atomic E-state index is 10.3. The molecule has 0 saturated carbocycles. The van der Waals surface area contributed by atoms with E-state index >= 15 is 0 Å². The third-order valence-electron chi connectivity index (χ3n) is 4.10. The van der Waals surface area contributed by atoms with Crippen molar-refractivity contribution in [1.29, 1.82) is 0 Å². The minimum absolute atomic E-state index is 0.438. The van der Waals surface area contributed by atoms with Crippen molar-refractivity contribution in [3.63, 3.8) is 0 Å². The van der Waals surface area contributed by atoms with Crippen molar-refractivity contribution in [1.82, 2.24) is 19.9 Å². The van der Waals surface area contributed by atoms with E-state index in [4.69, 9.17) is 11.6 Å². The van der Waals surface area contributed by atoms with Gasteiger partial charge in [-0.2, -0.15) is 0 Å².